The molecule has 0 fully saturated rings. The summed E-state index contributed by atoms with van der Waals surface area (Å²) >= 11 is 3.11. The molecule has 1 heterocycles. The summed E-state index contributed by atoms with van der Waals surface area (Å²) in [6.07, 6.45) is 0.385. The van der Waals surface area contributed by atoms with Gasteiger partial charge in [0.2, 0.25) is 5.76 Å². The van der Waals surface area contributed by atoms with Crippen LogP contribution in [-0.4, -0.2) is 11.8 Å². The molecule has 0 aliphatic rings. The van der Waals surface area contributed by atoms with Crippen LogP contribution in [0.3, 0.4) is 0 Å². The molecule has 0 saturated carbocycles. The quantitative estimate of drug-likeness (QED) is 0.326. The predicted molar refractivity (Wildman–Crippen MR) is 91.1 cm³/mol. The molecule has 0 saturated heterocycles. The van der Waals surface area contributed by atoms with E-state index in [1.807, 2.05) is 42.5 Å². The molecule has 23 heavy (non-hydrogen) atoms. The number of amidine groups is 1. The standard InChI is InChI=1S/C17H13BrN2O3/c18-15-9-8-14(22-15)17(21)23-20-16(19)10-12-6-3-5-11-4-1-2-7-13(11)12/h1-9H,10H2,(H2,19,20). The molecule has 5 nitrogen and oxygen atoms in total. The molecule has 0 unspecified atom stereocenters. The number of rotatable bonds is 4. The Morgan fingerprint density at radius 1 is 1.13 bits per heavy atom. The topological polar surface area (TPSA) is 77.8 Å². The minimum absolute atomic E-state index is 0.0542. The van der Waals surface area contributed by atoms with Gasteiger partial charge in [-0.1, -0.05) is 47.6 Å². The first-order chi connectivity index (χ1) is 11.1. The largest absolute Gasteiger partial charge is 0.442 e. The lowest BCUT2D eigenvalue weighted by molar-refractivity contribution is 0.0477. The number of oxime groups is 1. The number of furan rings is 1. The molecule has 116 valence electrons. The van der Waals surface area contributed by atoms with E-state index >= 15 is 0 Å². The van der Waals surface area contributed by atoms with Gasteiger partial charge in [0, 0.05) is 6.42 Å². The van der Waals surface area contributed by atoms with Crippen molar-refractivity contribution in [3.63, 3.8) is 0 Å². The zero-order valence-electron chi connectivity index (χ0n) is 12.0. The van der Waals surface area contributed by atoms with Crippen molar-refractivity contribution < 1.29 is 14.0 Å². The van der Waals surface area contributed by atoms with Crippen LogP contribution in [0.4, 0.5) is 0 Å². The number of hydrogen-bond acceptors (Lipinski definition) is 4. The lowest BCUT2D eigenvalue weighted by atomic mass is 10.0. The summed E-state index contributed by atoms with van der Waals surface area (Å²) in [5.74, 6) is -0.435. The van der Waals surface area contributed by atoms with Crippen LogP contribution in [0.25, 0.3) is 10.8 Å². The van der Waals surface area contributed by atoms with Crippen molar-refractivity contribution in [2.45, 2.75) is 6.42 Å². The van der Waals surface area contributed by atoms with E-state index in [0.29, 0.717) is 11.1 Å². The van der Waals surface area contributed by atoms with E-state index in [1.54, 1.807) is 6.07 Å². The lowest BCUT2D eigenvalue weighted by Gasteiger charge is -2.05. The highest BCUT2D eigenvalue weighted by molar-refractivity contribution is 9.10. The number of carbonyl (C=O) groups excluding carboxylic acids is 1. The molecule has 0 atom stereocenters. The zero-order valence-corrected chi connectivity index (χ0v) is 13.6. The first-order valence-electron chi connectivity index (χ1n) is 6.89. The number of fused-ring (bicyclic) bond motifs is 1. The van der Waals surface area contributed by atoms with E-state index in [-0.39, 0.29) is 11.6 Å². The Morgan fingerprint density at radius 2 is 1.91 bits per heavy atom. The number of carbonyl (C=O) groups is 1. The molecular weight excluding hydrogens is 360 g/mol. The van der Waals surface area contributed by atoms with Gasteiger partial charge < -0.3 is 15.0 Å². The molecule has 3 aromatic rings. The van der Waals surface area contributed by atoms with Crippen molar-refractivity contribution in [3.05, 3.63) is 70.6 Å². The van der Waals surface area contributed by atoms with Crippen LogP contribution in [0.1, 0.15) is 16.1 Å². The molecule has 1 aromatic heterocycles. The summed E-state index contributed by atoms with van der Waals surface area (Å²) in [4.78, 5) is 16.5. The Labute approximate surface area is 140 Å². The Hall–Kier alpha value is -2.60. The van der Waals surface area contributed by atoms with Gasteiger partial charge in [-0.3, -0.25) is 0 Å². The van der Waals surface area contributed by atoms with Crippen molar-refractivity contribution in [1.29, 1.82) is 0 Å². The number of halogens is 1. The van der Waals surface area contributed by atoms with Gasteiger partial charge in [-0.05, 0) is 44.4 Å². The molecule has 0 amide bonds. The maximum Gasteiger partial charge on any atom is 0.400 e. The molecule has 2 N–H and O–H groups in total. The summed E-state index contributed by atoms with van der Waals surface area (Å²) < 4.78 is 5.53. The van der Waals surface area contributed by atoms with E-state index in [2.05, 4.69) is 21.1 Å². The second-order valence-electron chi connectivity index (χ2n) is 4.88. The Bertz CT molecular complexity index is 881. The van der Waals surface area contributed by atoms with E-state index < -0.39 is 5.97 Å². The number of hydrogen-bond donors (Lipinski definition) is 1. The van der Waals surface area contributed by atoms with E-state index in [4.69, 9.17) is 15.0 Å². The van der Waals surface area contributed by atoms with Crippen LogP contribution < -0.4 is 5.73 Å². The van der Waals surface area contributed by atoms with Gasteiger partial charge in [0.25, 0.3) is 0 Å². The third-order valence-electron chi connectivity index (χ3n) is 3.27. The van der Waals surface area contributed by atoms with Crippen molar-refractivity contribution >= 4 is 38.5 Å². The number of benzene rings is 2. The SMILES string of the molecule is NC(Cc1cccc2ccccc12)=NOC(=O)c1ccc(Br)o1. The van der Waals surface area contributed by atoms with Crippen molar-refractivity contribution in [2.75, 3.05) is 0 Å². The molecule has 0 aliphatic carbocycles. The second kappa shape index (κ2) is 6.66. The van der Waals surface area contributed by atoms with Gasteiger partial charge in [0.15, 0.2) is 4.67 Å². The second-order valence-corrected chi connectivity index (χ2v) is 5.66. The van der Waals surface area contributed by atoms with E-state index in [9.17, 15) is 4.79 Å². The highest BCUT2D eigenvalue weighted by Gasteiger charge is 2.12. The fourth-order valence-electron chi connectivity index (χ4n) is 2.24. The first-order valence-corrected chi connectivity index (χ1v) is 7.68. The summed E-state index contributed by atoms with van der Waals surface area (Å²) in [6.45, 7) is 0. The minimum atomic E-state index is -0.698. The van der Waals surface area contributed by atoms with E-state index in [0.717, 1.165) is 16.3 Å². The maximum atomic E-state index is 11.7. The van der Waals surface area contributed by atoms with Crippen LogP contribution in [0, 0.1) is 0 Å². The highest BCUT2D eigenvalue weighted by atomic mass is 79.9. The molecule has 0 bridgehead atoms. The Morgan fingerprint density at radius 3 is 2.70 bits per heavy atom. The average Bonchev–Trinajstić information content (AvgIpc) is 2.99. The molecule has 2 aromatic carbocycles. The van der Waals surface area contributed by atoms with Crippen LogP contribution >= 0.6 is 15.9 Å². The van der Waals surface area contributed by atoms with Crippen LogP contribution in [0.5, 0.6) is 0 Å². The summed E-state index contributed by atoms with van der Waals surface area (Å²) in [7, 11) is 0. The van der Waals surface area contributed by atoms with Gasteiger partial charge in [-0.25, -0.2) is 4.79 Å². The third-order valence-corrected chi connectivity index (χ3v) is 3.70. The smallest absolute Gasteiger partial charge is 0.400 e. The number of nitrogens with two attached hydrogens (primary N) is 1. The molecule has 6 heteroatoms. The summed E-state index contributed by atoms with van der Waals surface area (Å²) in [6, 6.07) is 17.0. The Balaban J connectivity index is 1.73. The van der Waals surface area contributed by atoms with Gasteiger partial charge in [0.05, 0.1) is 0 Å². The van der Waals surface area contributed by atoms with Crippen molar-refractivity contribution in [1.82, 2.24) is 0 Å². The zero-order chi connectivity index (χ0) is 16.2. The van der Waals surface area contributed by atoms with Crippen LogP contribution in [0.2, 0.25) is 0 Å². The van der Waals surface area contributed by atoms with Crippen molar-refractivity contribution in [2.24, 2.45) is 10.9 Å². The highest BCUT2D eigenvalue weighted by Crippen LogP contribution is 2.19. The summed E-state index contributed by atoms with van der Waals surface area (Å²) in [5.41, 5.74) is 6.88. The van der Waals surface area contributed by atoms with Gasteiger partial charge in [-0.15, -0.1) is 0 Å². The summed E-state index contributed by atoms with van der Waals surface area (Å²) in [5, 5.41) is 5.89. The van der Waals surface area contributed by atoms with Crippen LogP contribution in [0.15, 0.2) is 68.8 Å². The lowest BCUT2D eigenvalue weighted by Crippen LogP contribution is -2.16. The normalized spacial score (nSPS) is 11.6. The van der Waals surface area contributed by atoms with Gasteiger partial charge >= 0.3 is 5.97 Å². The van der Waals surface area contributed by atoms with Crippen molar-refractivity contribution in [3.8, 4) is 0 Å². The fourth-order valence-corrected chi connectivity index (χ4v) is 2.55. The monoisotopic (exact) mass is 372 g/mol. The molecule has 0 radical (unpaired) electrons. The average molecular weight is 373 g/mol. The first kappa shape index (κ1) is 15.3. The Kier molecular flexibility index (Phi) is 4.43. The number of nitrogens with zero attached hydrogens (tertiary/aromatic N) is 1. The molecule has 0 aliphatic heterocycles. The molecule has 0 spiro atoms. The molecule has 3 rings (SSSR count). The maximum absolute atomic E-state index is 11.7. The fraction of sp³-hybridized carbons (Fsp3) is 0.0588. The van der Waals surface area contributed by atoms with Gasteiger partial charge in [0.1, 0.15) is 5.84 Å². The van der Waals surface area contributed by atoms with Gasteiger partial charge in [-0.2, -0.15) is 0 Å². The minimum Gasteiger partial charge on any atom is -0.442 e. The predicted octanol–water partition coefficient (Wildman–Crippen LogP) is 3.87. The third kappa shape index (κ3) is 3.60. The van der Waals surface area contributed by atoms with E-state index in [1.165, 1.54) is 6.07 Å². The van der Waals surface area contributed by atoms with Crippen LogP contribution in [-0.2, 0) is 11.3 Å². The molecular formula is C17H13BrN2O3.